The van der Waals surface area contributed by atoms with Crippen molar-refractivity contribution in [2.24, 2.45) is 0 Å². The monoisotopic (exact) mass is 316 g/mol. The highest BCUT2D eigenvalue weighted by atomic mass is 32.2. The molecule has 1 aromatic rings. The molecule has 3 rings (SSSR count). The fourth-order valence-electron chi connectivity index (χ4n) is 2.96. The SMILES string of the molecule is CS(=O)(=O)O[C@@H]1CC2CN(c3ncc(F)cn3)CCN2C1. The summed E-state index contributed by atoms with van der Waals surface area (Å²) in [6, 6.07) is 0.208. The smallest absolute Gasteiger partial charge is 0.264 e. The molecule has 9 heteroatoms. The molecule has 116 valence electrons. The molecular formula is C12H17FN4O3S. The molecule has 2 fully saturated rings. The quantitative estimate of drug-likeness (QED) is 0.718. The second-order valence-electron chi connectivity index (χ2n) is 5.45. The molecule has 3 heterocycles. The van der Waals surface area contributed by atoms with E-state index >= 15 is 0 Å². The van der Waals surface area contributed by atoms with Gasteiger partial charge in [0.2, 0.25) is 5.95 Å². The first-order chi connectivity index (χ1) is 9.90. The van der Waals surface area contributed by atoms with Gasteiger partial charge in [0.05, 0.1) is 24.8 Å². The van der Waals surface area contributed by atoms with Crippen molar-refractivity contribution >= 4 is 16.1 Å². The third kappa shape index (κ3) is 3.47. The van der Waals surface area contributed by atoms with E-state index in [1.165, 1.54) is 0 Å². The zero-order valence-corrected chi connectivity index (χ0v) is 12.5. The molecule has 2 saturated heterocycles. The number of anilines is 1. The van der Waals surface area contributed by atoms with Gasteiger partial charge in [-0.25, -0.2) is 14.4 Å². The minimum Gasteiger partial charge on any atom is -0.338 e. The molecular weight excluding hydrogens is 299 g/mol. The first-order valence-corrected chi connectivity index (χ1v) is 8.57. The summed E-state index contributed by atoms with van der Waals surface area (Å²) in [5.41, 5.74) is 0. The van der Waals surface area contributed by atoms with E-state index in [0.29, 0.717) is 25.5 Å². The number of fused-ring (bicyclic) bond motifs is 1. The lowest BCUT2D eigenvalue weighted by molar-refractivity contribution is 0.198. The second kappa shape index (κ2) is 5.47. The van der Waals surface area contributed by atoms with Crippen LogP contribution in [0.25, 0.3) is 0 Å². The van der Waals surface area contributed by atoms with E-state index in [1.54, 1.807) is 0 Å². The summed E-state index contributed by atoms with van der Waals surface area (Å²) >= 11 is 0. The predicted molar refractivity (Wildman–Crippen MR) is 73.9 cm³/mol. The van der Waals surface area contributed by atoms with Gasteiger partial charge < -0.3 is 4.90 Å². The van der Waals surface area contributed by atoms with Gasteiger partial charge in [-0.05, 0) is 6.42 Å². The maximum atomic E-state index is 12.9. The van der Waals surface area contributed by atoms with Crippen LogP contribution in [0.4, 0.5) is 10.3 Å². The van der Waals surface area contributed by atoms with E-state index in [4.69, 9.17) is 4.18 Å². The Morgan fingerprint density at radius 1 is 1.29 bits per heavy atom. The zero-order valence-electron chi connectivity index (χ0n) is 11.6. The van der Waals surface area contributed by atoms with Crippen LogP contribution in [-0.4, -0.2) is 67.9 Å². The topological polar surface area (TPSA) is 75.6 Å². The summed E-state index contributed by atoms with van der Waals surface area (Å²) in [4.78, 5) is 12.2. The van der Waals surface area contributed by atoms with Gasteiger partial charge in [0.15, 0.2) is 5.82 Å². The molecule has 2 aliphatic rings. The Bertz CT molecular complexity index is 609. The summed E-state index contributed by atoms with van der Waals surface area (Å²) in [5.74, 6) is 0.0448. The maximum absolute atomic E-state index is 12.9. The first kappa shape index (κ1) is 14.6. The van der Waals surface area contributed by atoms with E-state index in [2.05, 4.69) is 14.9 Å². The van der Waals surface area contributed by atoms with Gasteiger partial charge in [-0.1, -0.05) is 0 Å². The van der Waals surface area contributed by atoms with Gasteiger partial charge in [-0.15, -0.1) is 0 Å². The molecule has 0 bridgehead atoms. The summed E-state index contributed by atoms with van der Waals surface area (Å²) in [6.45, 7) is 2.83. The number of hydrogen-bond acceptors (Lipinski definition) is 7. The first-order valence-electron chi connectivity index (χ1n) is 6.75. The fourth-order valence-corrected chi connectivity index (χ4v) is 3.60. The Morgan fingerprint density at radius 2 is 2.00 bits per heavy atom. The zero-order chi connectivity index (χ0) is 15.0. The van der Waals surface area contributed by atoms with Crippen molar-refractivity contribution in [1.82, 2.24) is 14.9 Å². The standard InChI is InChI=1S/C12H17FN4O3S/c1-21(18,19)20-11-4-10-7-17(3-2-16(10)8-11)12-14-5-9(13)6-15-12/h5-6,10-11H,2-4,7-8H2,1H3/t10?,11-/m1/s1. The fraction of sp³-hybridized carbons (Fsp3) is 0.667. The number of piperazine rings is 1. The molecule has 0 N–H and O–H groups in total. The van der Waals surface area contributed by atoms with Crippen LogP contribution >= 0.6 is 0 Å². The molecule has 21 heavy (non-hydrogen) atoms. The second-order valence-corrected chi connectivity index (χ2v) is 7.05. The minimum absolute atomic E-state index is 0.208. The Kier molecular flexibility index (Phi) is 3.80. The van der Waals surface area contributed by atoms with Crippen molar-refractivity contribution < 1.29 is 17.0 Å². The van der Waals surface area contributed by atoms with E-state index in [-0.39, 0.29) is 12.1 Å². The molecule has 0 spiro atoms. The van der Waals surface area contributed by atoms with Crippen LogP contribution in [0, 0.1) is 5.82 Å². The van der Waals surface area contributed by atoms with Crippen LogP contribution in [0.1, 0.15) is 6.42 Å². The Balaban J connectivity index is 1.65. The lowest BCUT2D eigenvalue weighted by atomic mass is 10.1. The van der Waals surface area contributed by atoms with E-state index in [9.17, 15) is 12.8 Å². The number of rotatable bonds is 3. The molecule has 0 aliphatic carbocycles. The normalized spacial score (nSPS) is 26.9. The van der Waals surface area contributed by atoms with Crippen LogP contribution in [-0.2, 0) is 14.3 Å². The van der Waals surface area contributed by atoms with Gasteiger partial charge in [-0.2, -0.15) is 8.42 Å². The van der Waals surface area contributed by atoms with Crippen molar-refractivity contribution in [3.05, 3.63) is 18.2 Å². The number of nitrogens with zero attached hydrogens (tertiary/aromatic N) is 4. The lowest BCUT2D eigenvalue weighted by Crippen LogP contribution is -2.50. The van der Waals surface area contributed by atoms with Gasteiger partial charge in [0.1, 0.15) is 0 Å². The average molecular weight is 316 g/mol. The molecule has 1 aromatic heterocycles. The molecule has 2 aliphatic heterocycles. The third-order valence-corrected chi connectivity index (χ3v) is 4.40. The molecule has 7 nitrogen and oxygen atoms in total. The Labute approximate surface area is 122 Å². The van der Waals surface area contributed by atoms with Gasteiger partial charge in [0.25, 0.3) is 10.1 Å². The lowest BCUT2D eigenvalue weighted by Gasteiger charge is -2.37. The number of halogens is 1. The van der Waals surface area contributed by atoms with Crippen LogP contribution in [0.3, 0.4) is 0 Å². The third-order valence-electron chi connectivity index (χ3n) is 3.78. The van der Waals surface area contributed by atoms with Crippen LogP contribution in [0.5, 0.6) is 0 Å². The van der Waals surface area contributed by atoms with Crippen LogP contribution < -0.4 is 4.90 Å². The van der Waals surface area contributed by atoms with Crippen molar-refractivity contribution in [3.63, 3.8) is 0 Å². The predicted octanol–water partition coefficient (Wildman–Crippen LogP) is -0.145. The highest BCUT2D eigenvalue weighted by Crippen LogP contribution is 2.26. The molecule has 0 saturated carbocycles. The number of hydrogen-bond donors (Lipinski definition) is 0. The Hall–Kier alpha value is -1.32. The Morgan fingerprint density at radius 3 is 2.67 bits per heavy atom. The van der Waals surface area contributed by atoms with Crippen molar-refractivity contribution in [3.8, 4) is 0 Å². The average Bonchev–Trinajstić information content (AvgIpc) is 2.78. The van der Waals surface area contributed by atoms with Crippen LogP contribution in [0.15, 0.2) is 12.4 Å². The van der Waals surface area contributed by atoms with Gasteiger partial charge in [-0.3, -0.25) is 9.08 Å². The van der Waals surface area contributed by atoms with E-state index in [1.807, 2.05) is 4.90 Å². The molecule has 0 aromatic carbocycles. The van der Waals surface area contributed by atoms with E-state index < -0.39 is 15.9 Å². The van der Waals surface area contributed by atoms with Gasteiger partial charge in [0, 0.05) is 32.2 Å². The van der Waals surface area contributed by atoms with Crippen LogP contribution in [0.2, 0.25) is 0 Å². The minimum atomic E-state index is -3.43. The highest BCUT2D eigenvalue weighted by Gasteiger charge is 2.38. The molecule has 0 radical (unpaired) electrons. The maximum Gasteiger partial charge on any atom is 0.264 e. The highest BCUT2D eigenvalue weighted by molar-refractivity contribution is 7.86. The van der Waals surface area contributed by atoms with E-state index in [0.717, 1.165) is 31.7 Å². The number of aromatic nitrogens is 2. The summed E-state index contributed by atoms with van der Waals surface area (Å²) < 4.78 is 40.3. The van der Waals surface area contributed by atoms with Crippen molar-refractivity contribution in [2.75, 3.05) is 37.3 Å². The molecule has 0 amide bonds. The van der Waals surface area contributed by atoms with Gasteiger partial charge >= 0.3 is 0 Å². The largest absolute Gasteiger partial charge is 0.338 e. The van der Waals surface area contributed by atoms with Crippen molar-refractivity contribution in [2.45, 2.75) is 18.6 Å². The van der Waals surface area contributed by atoms with Crippen molar-refractivity contribution in [1.29, 1.82) is 0 Å². The summed E-state index contributed by atoms with van der Waals surface area (Å²) in [7, 11) is -3.43. The summed E-state index contributed by atoms with van der Waals surface area (Å²) in [6.07, 6.45) is 3.74. The summed E-state index contributed by atoms with van der Waals surface area (Å²) in [5, 5.41) is 0. The molecule has 2 atom stereocenters. The molecule has 1 unspecified atom stereocenters.